The fourth-order valence-electron chi connectivity index (χ4n) is 1.94. The highest BCUT2D eigenvalue weighted by molar-refractivity contribution is 5.64. The Kier molecular flexibility index (Phi) is 5.01. The molecule has 0 amide bonds. The van der Waals surface area contributed by atoms with Crippen LogP contribution in [0.4, 0.5) is 5.69 Å². The second-order valence-corrected chi connectivity index (χ2v) is 4.41. The molecule has 2 aromatic rings. The molecule has 0 atom stereocenters. The van der Waals surface area contributed by atoms with Crippen molar-refractivity contribution in [3.05, 3.63) is 71.8 Å². The molecule has 0 aliphatic carbocycles. The number of hydrogen-bond donors (Lipinski definition) is 1. The molecule has 2 heteroatoms. The Hall–Kier alpha value is -2.48. The Morgan fingerprint density at radius 1 is 0.900 bits per heavy atom. The standard InChI is InChI=1S/C18H19NO/c1-20-18-14-8-6-12-16(18)11-4-2-3-9-15-10-5-7-13-17(15)19/h3-14H,2,19H2,1H3/b9-3-,11-4+. The van der Waals surface area contributed by atoms with Gasteiger partial charge in [-0.25, -0.2) is 0 Å². The first-order valence-electron chi connectivity index (χ1n) is 6.62. The summed E-state index contributed by atoms with van der Waals surface area (Å²) in [6.45, 7) is 0. The van der Waals surface area contributed by atoms with Crippen molar-refractivity contribution in [2.45, 2.75) is 6.42 Å². The van der Waals surface area contributed by atoms with E-state index in [1.54, 1.807) is 7.11 Å². The van der Waals surface area contributed by atoms with Crippen LogP contribution in [-0.2, 0) is 0 Å². The molecule has 0 aromatic heterocycles. The van der Waals surface area contributed by atoms with Crippen LogP contribution in [0, 0.1) is 0 Å². The summed E-state index contributed by atoms with van der Waals surface area (Å²) in [4.78, 5) is 0. The highest BCUT2D eigenvalue weighted by atomic mass is 16.5. The van der Waals surface area contributed by atoms with Crippen molar-refractivity contribution >= 4 is 17.8 Å². The van der Waals surface area contributed by atoms with Gasteiger partial charge in [-0.2, -0.15) is 0 Å². The first kappa shape index (κ1) is 13.9. The van der Waals surface area contributed by atoms with Crippen molar-refractivity contribution in [2.24, 2.45) is 0 Å². The number of methoxy groups -OCH3 is 1. The number of anilines is 1. The third kappa shape index (κ3) is 3.75. The average Bonchev–Trinajstić information content (AvgIpc) is 2.49. The van der Waals surface area contributed by atoms with E-state index in [9.17, 15) is 0 Å². The summed E-state index contributed by atoms with van der Waals surface area (Å²) in [6.07, 6.45) is 9.16. The van der Waals surface area contributed by atoms with Crippen LogP contribution in [0.3, 0.4) is 0 Å². The quantitative estimate of drug-likeness (QED) is 0.813. The molecule has 0 spiro atoms. The molecule has 2 N–H and O–H groups in total. The molecule has 0 bridgehead atoms. The molecule has 2 nitrogen and oxygen atoms in total. The summed E-state index contributed by atoms with van der Waals surface area (Å²) < 4.78 is 5.30. The predicted molar refractivity (Wildman–Crippen MR) is 86.5 cm³/mol. The Morgan fingerprint density at radius 3 is 2.20 bits per heavy atom. The minimum absolute atomic E-state index is 0.803. The van der Waals surface area contributed by atoms with Crippen molar-refractivity contribution < 1.29 is 4.74 Å². The SMILES string of the molecule is COc1ccccc1/C=C/C/C=C\c1ccccc1N. The number of ether oxygens (including phenoxy) is 1. The van der Waals surface area contributed by atoms with Gasteiger partial charge in [0.2, 0.25) is 0 Å². The lowest BCUT2D eigenvalue weighted by Gasteiger charge is -2.02. The zero-order chi connectivity index (χ0) is 14.2. The van der Waals surface area contributed by atoms with Crippen LogP contribution in [0.15, 0.2) is 60.7 Å². The maximum absolute atomic E-state index is 5.88. The van der Waals surface area contributed by atoms with Crippen LogP contribution in [0.2, 0.25) is 0 Å². The molecular formula is C18H19NO. The molecule has 0 heterocycles. The normalized spacial score (nSPS) is 11.2. The molecule has 0 fully saturated rings. The summed E-state index contributed by atoms with van der Waals surface area (Å²) in [5, 5.41) is 0. The highest BCUT2D eigenvalue weighted by Crippen LogP contribution is 2.19. The van der Waals surface area contributed by atoms with Gasteiger partial charge in [-0.15, -0.1) is 0 Å². The van der Waals surface area contributed by atoms with E-state index in [2.05, 4.69) is 18.2 Å². The molecule has 20 heavy (non-hydrogen) atoms. The maximum Gasteiger partial charge on any atom is 0.126 e. The molecule has 2 aromatic carbocycles. The number of benzene rings is 2. The van der Waals surface area contributed by atoms with E-state index in [4.69, 9.17) is 10.5 Å². The summed E-state index contributed by atoms with van der Waals surface area (Å²) >= 11 is 0. The van der Waals surface area contributed by atoms with Crippen LogP contribution in [0.25, 0.3) is 12.2 Å². The Bertz CT molecular complexity index is 614. The van der Waals surface area contributed by atoms with Gasteiger partial charge in [0, 0.05) is 11.3 Å². The van der Waals surface area contributed by atoms with Gasteiger partial charge in [0.15, 0.2) is 0 Å². The van der Waals surface area contributed by atoms with Crippen molar-refractivity contribution in [3.63, 3.8) is 0 Å². The van der Waals surface area contributed by atoms with E-state index in [0.29, 0.717) is 0 Å². The third-order valence-electron chi connectivity index (χ3n) is 3.00. The predicted octanol–water partition coefficient (Wildman–Crippen LogP) is 4.39. The van der Waals surface area contributed by atoms with Crippen LogP contribution in [0.5, 0.6) is 5.75 Å². The van der Waals surface area contributed by atoms with Gasteiger partial charge >= 0.3 is 0 Å². The van der Waals surface area contributed by atoms with Crippen LogP contribution in [0.1, 0.15) is 17.5 Å². The van der Waals surface area contributed by atoms with Crippen LogP contribution in [-0.4, -0.2) is 7.11 Å². The molecule has 0 aliphatic rings. The fourth-order valence-corrected chi connectivity index (χ4v) is 1.94. The van der Waals surface area contributed by atoms with E-state index >= 15 is 0 Å². The van der Waals surface area contributed by atoms with Gasteiger partial charge in [0.25, 0.3) is 0 Å². The van der Waals surface area contributed by atoms with Crippen molar-refractivity contribution in [2.75, 3.05) is 12.8 Å². The lowest BCUT2D eigenvalue weighted by atomic mass is 10.1. The summed E-state index contributed by atoms with van der Waals surface area (Å²) in [5.74, 6) is 0.889. The molecule has 0 saturated heterocycles. The topological polar surface area (TPSA) is 35.2 Å². The van der Waals surface area contributed by atoms with Gasteiger partial charge in [0.1, 0.15) is 5.75 Å². The second-order valence-electron chi connectivity index (χ2n) is 4.41. The lowest BCUT2D eigenvalue weighted by Crippen LogP contribution is -1.87. The Morgan fingerprint density at radius 2 is 1.50 bits per heavy atom. The lowest BCUT2D eigenvalue weighted by molar-refractivity contribution is 0.414. The summed E-state index contributed by atoms with van der Waals surface area (Å²) in [7, 11) is 1.69. The summed E-state index contributed by atoms with van der Waals surface area (Å²) in [5.41, 5.74) is 8.82. The van der Waals surface area contributed by atoms with E-state index < -0.39 is 0 Å². The monoisotopic (exact) mass is 265 g/mol. The smallest absolute Gasteiger partial charge is 0.126 e. The average molecular weight is 265 g/mol. The zero-order valence-corrected chi connectivity index (χ0v) is 11.6. The number of nitrogens with two attached hydrogens (primary N) is 1. The van der Waals surface area contributed by atoms with Gasteiger partial charge in [-0.1, -0.05) is 60.7 Å². The number of allylic oxidation sites excluding steroid dienone is 2. The molecule has 2 rings (SSSR count). The minimum atomic E-state index is 0.803. The van der Waals surface area contributed by atoms with Gasteiger partial charge in [0.05, 0.1) is 7.11 Å². The first-order valence-corrected chi connectivity index (χ1v) is 6.62. The number of hydrogen-bond acceptors (Lipinski definition) is 2. The van der Waals surface area contributed by atoms with Gasteiger partial charge in [-0.05, 0) is 24.1 Å². The fraction of sp³-hybridized carbons (Fsp3) is 0.111. The second kappa shape index (κ2) is 7.19. The zero-order valence-electron chi connectivity index (χ0n) is 11.6. The van der Waals surface area contributed by atoms with Gasteiger partial charge < -0.3 is 10.5 Å². The van der Waals surface area contributed by atoms with E-state index in [1.165, 1.54) is 0 Å². The maximum atomic E-state index is 5.88. The third-order valence-corrected chi connectivity index (χ3v) is 3.00. The molecule has 102 valence electrons. The Labute approximate surface area is 120 Å². The summed E-state index contributed by atoms with van der Waals surface area (Å²) in [6, 6.07) is 15.8. The largest absolute Gasteiger partial charge is 0.496 e. The highest BCUT2D eigenvalue weighted by Gasteiger charge is 1.95. The number of rotatable bonds is 5. The first-order chi connectivity index (χ1) is 9.81. The van der Waals surface area contributed by atoms with E-state index in [0.717, 1.165) is 29.0 Å². The van der Waals surface area contributed by atoms with Crippen molar-refractivity contribution in [1.29, 1.82) is 0 Å². The van der Waals surface area contributed by atoms with Crippen molar-refractivity contribution in [1.82, 2.24) is 0 Å². The minimum Gasteiger partial charge on any atom is -0.496 e. The molecule has 0 unspecified atom stereocenters. The molecule has 0 aliphatic heterocycles. The van der Waals surface area contributed by atoms with Crippen molar-refractivity contribution in [3.8, 4) is 5.75 Å². The van der Waals surface area contributed by atoms with E-state index in [-0.39, 0.29) is 0 Å². The van der Waals surface area contributed by atoms with Crippen LogP contribution < -0.4 is 10.5 Å². The van der Waals surface area contributed by atoms with Gasteiger partial charge in [-0.3, -0.25) is 0 Å². The van der Waals surface area contributed by atoms with E-state index in [1.807, 2.05) is 54.6 Å². The Balaban J connectivity index is 1.96. The number of nitrogen functional groups attached to an aromatic ring is 1. The number of para-hydroxylation sites is 2. The van der Waals surface area contributed by atoms with Crippen LogP contribution >= 0.6 is 0 Å². The molecular weight excluding hydrogens is 246 g/mol. The molecule has 0 saturated carbocycles. The molecule has 0 radical (unpaired) electrons.